The molecule has 10 nitrogen and oxygen atoms in total. The summed E-state index contributed by atoms with van der Waals surface area (Å²) in [6.07, 6.45) is 5.54. The Balaban J connectivity index is 1.40. The largest absolute Gasteiger partial charge is 0.384 e. The summed E-state index contributed by atoms with van der Waals surface area (Å²) < 4.78 is 0. The van der Waals surface area contributed by atoms with Crippen LogP contribution in [0, 0.1) is 0 Å². The molecule has 3 heterocycles. The van der Waals surface area contributed by atoms with Crippen LogP contribution in [0.3, 0.4) is 0 Å². The van der Waals surface area contributed by atoms with Gasteiger partial charge in [-0.1, -0.05) is 12.1 Å². The Morgan fingerprint density at radius 2 is 1.95 bits per heavy atom. The maximum absolute atomic E-state index is 12.8. The third-order valence-corrected chi connectivity index (χ3v) is 6.89. The minimum atomic E-state index is -0.995. The first-order valence-corrected chi connectivity index (χ1v) is 13.0. The molecule has 0 unspecified atom stereocenters. The molecule has 2 aliphatic rings. The van der Waals surface area contributed by atoms with Crippen LogP contribution in [0.5, 0.6) is 0 Å². The number of hydrogen-bond acceptors (Lipinski definition) is 9. The fraction of sp³-hybridized carbons (Fsp3) is 0.357. The molecule has 1 amide bonds. The molecule has 1 atom stereocenters. The van der Waals surface area contributed by atoms with E-state index < -0.39 is 5.60 Å². The van der Waals surface area contributed by atoms with Crippen LogP contribution in [0.2, 0.25) is 0 Å². The lowest BCUT2D eigenvalue weighted by atomic mass is 9.84. The van der Waals surface area contributed by atoms with E-state index in [0.717, 1.165) is 50.3 Å². The molecule has 0 spiro atoms. The third-order valence-electron chi connectivity index (χ3n) is 6.89. The number of fused-ring (bicyclic) bond motifs is 1. The Kier molecular flexibility index (Phi) is 7.52. The lowest BCUT2D eigenvalue weighted by molar-refractivity contribution is 0.0341. The quantitative estimate of drug-likeness (QED) is 0.288. The van der Waals surface area contributed by atoms with Gasteiger partial charge in [-0.2, -0.15) is 4.98 Å². The van der Waals surface area contributed by atoms with Crippen LogP contribution in [0.1, 0.15) is 41.4 Å². The highest BCUT2D eigenvalue weighted by molar-refractivity contribution is 5.99. The summed E-state index contributed by atoms with van der Waals surface area (Å²) in [5.74, 6) is 0.815. The van der Waals surface area contributed by atoms with Crippen LogP contribution in [0.4, 0.5) is 29.0 Å². The molecule has 198 valence electrons. The first-order valence-electron chi connectivity index (χ1n) is 13.0. The van der Waals surface area contributed by atoms with Crippen LogP contribution >= 0.6 is 0 Å². The van der Waals surface area contributed by atoms with Gasteiger partial charge in [-0.05, 0) is 62.1 Å². The number of nitrogens with one attached hydrogen (secondary N) is 4. The predicted octanol–water partition coefficient (Wildman–Crippen LogP) is 3.23. The fourth-order valence-electron chi connectivity index (χ4n) is 4.86. The number of aryl methyl sites for hydroxylation is 1. The average molecular weight is 515 g/mol. The van der Waals surface area contributed by atoms with Gasteiger partial charge in [-0.15, -0.1) is 6.58 Å². The second-order valence-corrected chi connectivity index (χ2v) is 9.82. The van der Waals surface area contributed by atoms with E-state index >= 15 is 0 Å². The molecule has 1 aliphatic carbocycles. The number of carbonyl (C=O) groups excluding carboxylic acids is 1. The van der Waals surface area contributed by atoms with Gasteiger partial charge in [0.2, 0.25) is 5.95 Å². The number of benzene rings is 1. The first kappa shape index (κ1) is 25.6. The molecule has 3 aromatic rings. The molecule has 1 aromatic carbocycles. The van der Waals surface area contributed by atoms with E-state index in [1.54, 1.807) is 13.0 Å². The molecule has 10 heteroatoms. The van der Waals surface area contributed by atoms with E-state index in [4.69, 9.17) is 4.98 Å². The van der Waals surface area contributed by atoms with Crippen LogP contribution in [-0.2, 0) is 12.0 Å². The van der Waals surface area contributed by atoms with Crippen LogP contribution < -0.4 is 26.2 Å². The summed E-state index contributed by atoms with van der Waals surface area (Å²) in [5, 5.41) is 23.4. The molecule has 2 aromatic heterocycles. The van der Waals surface area contributed by atoms with Crippen molar-refractivity contribution in [3.05, 3.63) is 72.1 Å². The summed E-state index contributed by atoms with van der Waals surface area (Å²) in [7, 11) is 0. The van der Waals surface area contributed by atoms with Gasteiger partial charge in [0.05, 0.1) is 5.69 Å². The van der Waals surface area contributed by atoms with Crippen LogP contribution in [0.25, 0.3) is 0 Å². The number of carbonyl (C=O) groups is 1. The summed E-state index contributed by atoms with van der Waals surface area (Å²) >= 11 is 0. The number of nitrogens with zero attached hydrogens (tertiary/aromatic N) is 4. The van der Waals surface area contributed by atoms with E-state index in [0.29, 0.717) is 36.2 Å². The highest BCUT2D eigenvalue weighted by Crippen LogP contribution is 2.34. The van der Waals surface area contributed by atoms with Crippen molar-refractivity contribution >= 4 is 34.9 Å². The van der Waals surface area contributed by atoms with Crippen molar-refractivity contribution in [3.8, 4) is 0 Å². The van der Waals surface area contributed by atoms with Crippen molar-refractivity contribution in [1.82, 2.24) is 25.6 Å². The van der Waals surface area contributed by atoms with Gasteiger partial charge in [-0.25, -0.2) is 9.97 Å². The molecule has 1 fully saturated rings. The van der Waals surface area contributed by atoms with E-state index in [9.17, 15) is 9.90 Å². The topological polar surface area (TPSA) is 127 Å². The van der Waals surface area contributed by atoms with E-state index in [1.807, 2.05) is 24.3 Å². The van der Waals surface area contributed by atoms with Crippen LogP contribution in [-0.4, -0.2) is 58.7 Å². The zero-order valence-electron chi connectivity index (χ0n) is 21.6. The molecule has 0 bridgehead atoms. The predicted molar refractivity (Wildman–Crippen MR) is 149 cm³/mol. The molecule has 5 rings (SSSR count). The number of anilines is 5. The lowest BCUT2D eigenvalue weighted by Gasteiger charge is -2.30. The third kappa shape index (κ3) is 5.76. The van der Waals surface area contributed by atoms with Gasteiger partial charge < -0.3 is 31.3 Å². The minimum absolute atomic E-state index is 0.276. The van der Waals surface area contributed by atoms with E-state index in [-0.39, 0.29) is 11.5 Å². The number of aromatic nitrogens is 3. The van der Waals surface area contributed by atoms with Crippen molar-refractivity contribution in [2.75, 3.05) is 48.3 Å². The molecule has 0 saturated carbocycles. The molecule has 5 N–H and O–H groups in total. The highest BCUT2D eigenvalue weighted by Gasteiger charge is 2.31. The highest BCUT2D eigenvalue weighted by atomic mass is 16.3. The Bertz CT molecular complexity index is 1300. The molecule has 38 heavy (non-hydrogen) atoms. The monoisotopic (exact) mass is 514 g/mol. The van der Waals surface area contributed by atoms with Gasteiger partial charge in [0, 0.05) is 50.3 Å². The number of amides is 1. The maximum atomic E-state index is 12.8. The SMILES string of the molecule is C=CCNC(=O)c1cnc(Nc2ccc(N3CCNCC3)cc2)nc1Nc1ccc2c(n1)[C@](C)(O)CCC2. The van der Waals surface area contributed by atoms with Crippen molar-refractivity contribution < 1.29 is 9.90 Å². The summed E-state index contributed by atoms with van der Waals surface area (Å²) in [5.41, 5.74) is 2.97. The van der Waals surface area contributed by atoms with Gasteiger partial charge in [0.25, 0.3) is 5.91 Å². The normalized spacial score (nSPS) is 18.8. The Labute approximate surface area is 222 Å². The van der Waals surface area contributed by atoms with Gasteiger partial charge in [0.1, 0.15) is 22.8 Å². The van der Waals surface area contributed by atoms with Gasteiger partial charge >= 0.3 is 0 Å². The van der Waals surface area contributed by atoms with Gasteiger partial charge in [-0.3, -0.25) is 4.79 Å². The number of piperazine rings is 1. The number of aliphatic hydroxyl groups is 1. The minimum Gasteiger partial charge on any atom is -0.384 e. The average Bonchev–Trinajstić information content (AvgIpc) is 2.93. The Hall–Kier alpha value is -4.02. The zero-order valence-corrected chi connectivity index (χ0v) is 21.6. The number of rotatable bonds is 8. The molecule has 0 radical (unpaired) electrons. The number of hydrogen-bond donors (Lipinski definition) is 5. The van der Waals surface area contributed by atoms with Crippen molar-refractivity contribution in [1.29, 1.82) is 0 Å². The van der Waals surface area contributed by atoms with E-state index in [1.165, 1.54) is 11.9 Å². The molecule has 1 aliphatic heterocycles. The fourth-order valence-corrected chi connectivity index (χ4v) is 4.86. The van der Waals surface area contributed by atoms with E-state index in [2.05, 4.69) is 54.8 Å². The Morgan fingerprint density at radius 1 is 1.16 bits per heavy atom. The maximum Gasteiger partial charge on any atom is 0.256 e. The van der Waals surface area contributed by atoms with Gasteiger partial charge in [0.15, 0.2) is 0 Å². The standard InChI is InChI=1S/C28H34N8O2/c1-3-13-30-26(37)22-18-31-27(32-20-7-9-21(10-8-20)36-16-14-29-15-17-36)35-25(22)34-23-11-6-19-5-4-12-28(2,38)24(19)33-23/h3,6-11,18,29,38H,1,4-5,12-17H2,2H3,(H,30,37)(H2,31,32,33,34,35)/t28-/m1/s1. The first-order chi connectivity index (χ1) is 18.4. The summed E-state index contributed by atoms with van der Waals surface area (Å²) in [6, 6.07) is 11.9. The van der Waals surface area contributed by atoms with Crippen molar-refractivity contribution in [2.24, 2.45) is 0 Å². The van der Waals surface area contributed by atoms with Crippen LogP contribution in [0.15, 0.2) is 55.3 Å². The smallest absolute Gasteiger partial charge is 0.256 e. The zero-order chi connectivity index (χ0) is 26.5. The molecule has 1 saturated heterocycles. The Morgan fingerprint density at radius 3 is 2.71 bits per heavy atom. The second-order valence-electron chi connectivity index (χ2n) is 9.82. The lowest BCUT2D eigenvalue weighted by Crippen LogP contribution is -2.43. The number of pyridine rings is 1. The van der Waals surface area contributed by atoms with Crippen molar-refractivity contribution in [3.63, 3.8) is 0 Å². The summed E-state index contributed by atoms with van der Waals surface area (Å²) in [6.45, 7) is 9.68. The molecular formula is C28H34N8O2. The van der Waals surface area contributed by atoms with Crippen molar-refractivity contribution in [2.45, 2.75) is 31.8 Å². The second kappa shape index (κ2) is 11.2. The summed E-state index contributed by atoms with van der Waals surface area (Å²) in [4.78, 5) is 28.9. The molecular weight excluding hydrogens is 480 g/mol.